The van der Waals surface area contributed by atoms with E-state index in [1.807, 2.05) is 10.6 Å². The van der Waals surface area contributed by atoms with E-state index in [-0.39, 0.29) is 0 Å². The molecule has 4 atom stereocenters. The van der Waals surface area contributed by atoms with Crippen molar-refractivity contribution in [3.8, 4) is 0 Å². The second-order valence-corrected chi connectivity index (χ2v) is 7.26. The molecule has 35 heavy (non-hydrogen) atoms. The molecule has 0 saturated carbocycles. The first-order chi connectivity index (χ1) is 16.1. The van der Waals surface area contributed by atoms with Crippen molar-refractivity contribution >= 4 is 47.5 Å². The Kier molecular flexibility index (Phi) is 13.0. The largest absolute Gasteiger partial charge is 0.481 e. The summed E-state index contributed by atoms with van der Waals surface area (Å²) in [6, 6.07) is -6.76. The zero-order valence-corrected chi connectivity index (χ0v) is 18.3. The molecule has 17 heteroatoms. The van der Waals surface area contributed by atoms with Crippen molar-refractivity contribution in [3.05, 3.63) is 0 Å². The number of carbonyl (C=O) groups excluding carboxylic acids is 4. The minimum Gasteiger partial charge on any atom is -0.481 e. The van der Waals surface area contributed by atoms with Crippen LogP contribution in [0.4, 0.5) is 0 Å². The lowest BCUT2D eigenvalue weighted by Gasteiger charge is -2.24. The van der Waals surface area contributed by atoms with Crippen molar-refractivity contribution in [2.45, 2.75) is 62.7 Å². The van der Waals surface area contributed by atoms with E-state index in [1.54, 1.807) is 0 Å². The molecule has 4 amide bonds. The van der Waals surface area contributed by atoms with E-state index in [2.05, 4.69) is 5.32 Å². The second kappa shape index (κ2) is 14.8. The summed E-state index contributed by atoms with van der Waals surface area (Å²) in [5, 5.41) is 41.6. The Hall–Kier alpha value is -4.28. The number of hydrogen-bond acceptors (Lipinski definition) is 9. The highest BCUT2D eigenvalue weighted by Gasteiger charge is 2.32. The van der Waals surface area contributed by atoms with Crippen molar-refractivity contribution in [3.63, 3.8) is 0 Å². The molecule has 0 heterocycles. The van der Waals surface area contributed by atoms with E-state index in [0.717, 1.165) is 0 Å². The van der Waals surface area contributed by atoms with Crippen LogP contribution in [-0.4, -0.2) is 92.1 Å². The van der Waals surface area contributed by atoms with Crippen LogP contribution in [0.5, 0.6) is 0 Å². The predicted molar refractivity (Wildman–Crippen MR) is 111 cm³/mol. The monoisotopic (exact) mass is 505 g/mol. The zero-order valence-electron chi connectivity index (χ0n) is 18.3. The van der Waals surface area contributed by atoms with Gasteiger partial charge in [-0.15, -0.1) is 0 Å². The molecule has 196 valence electrons. The molecule has 0 rings (SSSR count). The van der Waals surface area contributed by atoms with Crippen LogP contribution < -0.4 is 27.4 Å². The third kappa shape index (κ3) is 13.1. The number of hydrogen-bond donors (Lipinski definition) is 9. The summed E-state index contributed by atoms with van der Waals surface area (Å²) in [6.07, 6.45) is -3.87. The number of amides is 4. The first-order valence-corrected chi connectivity index (χ1v) is 9.97. The Labute approximate surface area is 197 Å². The summed E-state index contributed by atoms with van der Waals surface area (Å²) in [7, 11) is 0. The lowest BCUT2D eigenvalue weighted by Crippen LogP contribution is -2.57. The first-order valence-electron chi connectivity index (χ1n) is 9.97. The molecule has 17 nitrogen and oxygen atoms in total. The van der Waals surface area contributed by atoms with Gasteiger partial charge < -0.3 is 47.8 Å². The average Bonchev–Trinajstić information content (AvgIpc) is 2.71. The molecule has 0 bridgehead atoms. The molecular weight excluding hydrogens is 478 g/mol. The van der Waals surface area contributed by atoms with Gasteiger partial charge in [0, 0.05) is 12.8 Å². The minimum absolute atomic E-state index is 0.454. The Bertz CT molecular complexity index is 861. The predicted octanol–water partition coefficient (Wildman–Crippen LogP) is -4.07. The van der Waals surface area contributed by atoms with Crippen LogP contribution in [0, 0.1) is 0 Å². The van der Waals surface area contributed by atoms with Gasteiger partial charge >= 0.3 is 23.9 Å². The Balaban J connectivity index is 5.62. The van der Waals surface area contributed by atoms with Crippen LogP contribution in [0.15, 0.2) is 0 Å². The number of nitrogens with two attached hydrogens (primary N) is 2. The fourth-order valence-electron chi connectivity index (χ4n) is 2.57. The lowest BCUT2D eigenvalue weighted by atomic mass is 10.1. The van der Waals surface area contributed by atoms with Gasteiger partial charge in [0.1, 0.15) is 18.1 Å². The average molecular weight is 505 g/mol. The third-order valence-corrected chi connectivity index (χ3v) is 4.32. The molecule has 0 aromatic rings. The maximum atomic E-state index is 12.6. The minimum atomic E-state index is -1.83. The van der Waals surface area contributed by atoms with E-state index in [1.165, 1.54) is 0 Å². The van der Waals surface area contributed by atoms with Crippen LogP contribution in [0.2, 0.25) is 0 Å². The SMILES string of the molecule is NC(=O)CCC(NC(=O)C(CC(=O)O)NC(=O)C(N)CC(=O)O)C(=O)NC(CCC(=O)O)C(=O)O. The first kappa shape index (κ1) is 30.7. The van der Waals surface area contributed by atoms with Crippen molar-refractivity contribution in [1.82, 2.24) is 16.0 Å². The maximum absolute atomic E-state index is 12.6. The summed E-state index contributed by atoms with van der Waals surface area (Å²) in [6.45, 7) is 0. The van der Waals surface area contributed by atoms with Gasteiger partial charge in [-0.2, -0.15) is 0 Å². The van der Waals surface area contributed by atoms with Gasteiger partial charge in [0.25, 0.3) is 0 Å². The smallest absolute Gasteiger partial charge is 0.326 e. The number of primary amides is 1. The standard InChI is InChI=1S/C18H27N5O12/c19-7(5-13(27)28)15(31)23-10(6-14(29)30)17(33)21-8(1-3-11(20)24)16(32)22-9(18(34)35)2-4-12(25)26/h7-10H,1-6,19H2,(H2,20,24)(H,21,33)(H,22,32)(H,23,31)(H,25,26)(H,27,28)(H,29,30)(H,34,35). The Morgan fingerprint density at radius 2 is 1.06 bits per heavy atom. The van der Waals surface area contributed by atoms with Crippen molar-refractivity contribution in [2.75, 3.05) is 0 Å². The number of carboxylic acid groups (broad SMARTS) is 4. The van der Waals surface area contributed by atoms with Gasteiger partial charge in [-0.25, -0.2) is 4.79 Å². The highest BCUT2D eigenvalue weighted by atomic mass is 16.4. The third-order valence-electron chi connectivity index (χ3n) is 4.32. The topological polar surface area (TPSA) is 306 Å². The van der Waals surface area contributed by atoms with E-state index < -0.39 is 110 Å². The zero-order chi connectivity index (χ0) is 27.3. The van der Waals surface area contributed by atoms with Crippen LogP contribution >= 0.6 is 0 Å². The highest BCUT2D eigenvalue weighted by molar-refractivity contribution is 5.96. The van der Waals surface area contributed by atoms with E-state index >= 15 is 0 Å². The molecule has 0 aromatic heterocycles. The normalized spacial score (nSPS) is 13.9. The van der Waals surface area contributed by atoms with E-state index in [9.17, 15) is 43.5 Å². The summed E-state index contributed by atoms with van der Waals surface area (Å²) in [5.74, 6) is -10.4. The van der Waals surface area contributed by atoms with Crippen molar-refractivity contribution in [2.24, 2.45) is 11.5 Å². The van der Waals surface area contributed by atoms with Gasteiger partial charge in [-0.3, -0.25) is 33.6 Å². The number of nitrogens with one attached hydrogen (secondary N) is 3. The van der Waals surface area contributed by atoms with Gasteiger partial charge in [0.2, 0.25) is 23.6 Å². The molecule has 0 fully saturated rings. The molecule has 0 aliphatic carbocycles. The van der Waals surface area contributed by atoms with Crippen LogP contribution in [0.1, 0.15) is 38.5 Å². The summed E-state index contributed by atoms with van der Waals surface area (Å²) >= 11 is 0. The number of rotatable bonds is 17. The van der Waals surface area contributed by atoms with Gasteiger partial charge in [0.05, 0.1) is 18.9 Å². The van der Waals surface area contributed by atoms with Crippen LogP contribution in [0.25, 0.3) is 0 Å². The number of carbonyl (C=O) groups is 8. The van der Waals surface area contributed by atoms with Crippen molar-refractivity contribution < 1.29 is 58.8 Å². The number of carboxylic acids is 4. The molecule has 4 unspecified atom stereocenters. The van der Waals surface area contributed by atoms with E-state index in [0.29, 0.717) is 0 Å². The van der Waals surface area contributed by atoms with Gasteiger partial charge in [0.15, 0.2) is 0 Å². The lowest BCUT2D eigenvalue weighted by molar-refractivity contribution is -0.144. The second-order valence-electron chi connectivity index (χ2n) is 7.26. The fraction of sp³-hybridized carbons (Fsp3) is 0.556. The summed E-state index contributed by atoms with van der Waals surface area (Å²) < 4.78 is 0. The molecule has 0 spiro atoms. The Morgan fingerprint density at radius 1 is 0.600 bits per heavy atom. The summed E-state index contributed by atoms with van der Waals surface area (Å²) in [4.78, 5) is 92.2. The van der Waals surface area contributed by atoms with Gasteiger partial charge in [-0.1, -0.05) is 0 Å². The molecule has 11 N–H and O–H groups in total. The highest BCUT2D eigenvalue weighted by Crippen LogP contribution is 2.05. The Morgan fingerprint density at radius 3 is 1.51 bits per heavy atom. The molecule has 0 saturated heterocycles. The number of aliphatic carboxylic acids is 4. The molecule has 0 aromatic carbocycles. The molecular formula is C18H27N5O12. The van der Waals surface area contributed by atoms with Crippen LogP contribution in [-0.2, 0) is 38.4 Å². The fourth-order valence-corrected chi connectivity index (χ4v) is 2.57. The quantitative estimate of drug-likeness (QED) is 0.0909. The van der Waals surface area contributed by atoms with E-state index in [4.69, 9.17) is 26.8 Å². The van der Waals surface area contributed by atoms with Crippen LogP contribution in [0.3, 0.4) is 0 Å². The molecule has 0 aliphatic heterocycles. The molecule has 0 radical (unpaired) electrons. The van der Waals surface area contributed by atoms with Gasteiger partial charge in [-0.05, 0) is 12.8 Å². The van der Waals surface area contributed by atoms with Crippen molar-refractivity contribution in [1.29, 1.82) is 0 Å². The maximum Gasteiger partial charge on any atom is 0.326 e. The molecule has 0 aliphatic rings. The summed E-state index contributed by atoms with van der Waals surface area (Å²) in [5.41, 5.74) is 10.4.